The average Bonchev–Trinajstić information content (AvgIpc) is 3.35. The summed E-state index contributed by atoms with van der Waals surface area (Å²) in [5, 5.41) is 3.52. The summed E-state index contributed by atoms with van der Waals surface area (Å²) >= 11 is 12.2. The molecule has 0 saturated heterocycles. The molecule has 0 bridgehead atoms. The van der Waals surface area contributed by atoms with E-state index in [4.69, 9.17) is 23.2 Å². The zero-order valence-corrected chi connectivity index (χ0v) is 25.1. The number of carbonyl (C=O) groups is 1. The Bertz CT molecular complexity index is 1460. The van der Waals surface area contributed by atoms with Crippen LogP contribution in [-0.2, 0) is 21.2 Å². The van der Waals surface area contributed by atoms with Gasteiger partial charge in [-0.15, -0.1) is 0 Å². The fraction of sp³-hybridized carbons (Fsp3) is 0.387. The molecule has 2 aliphatic rings. The maximum atomic E-state index is 13.8. The minimum Gasteiger partial charge on any atom is -0.354 e. The third kappa shape index (κ3) is 5.89. The number of halogens is 2. The fourth-order valence-electron chi connectivity index (χ4n) is 6.32. The molecule has 3 aromatic carbocycles. The molecule has 9 heteroatoms. The summed E-state index contributed by atoms with van der Waals surface area (Å²) in [6.07, 6.45) is 4.55. The lowest BCUT2D eigenvalue weighted by atomic mass is 9.76. The molecule has 1 heterocycles. The van der Waals surface area contributed by atoms with Crippen LogP contribution in [0.5, 0.6) is 0 Å². The number of amides is 1. The van der Waals surface area contributed by atoms with Gasteiger partial charge in [0.2, 0.25) is 5.91 Å². The molecule has 5 rings (SSSR count). The maximum Gasteiger partial charge on any atom is 0.265 e. The van der Waals surface area contributed by atoms with Gasteiger partial charge in [-0.25, -0.2) is 8.42 Å². The largest absolute Gasteiger partial charge is 0.354 e. The van der Waals surface area contributed by atoms with E-state index in [9.17, 15) is 13.2 Å². The summed E-state index contributed by atoms with van der Waals surface area (Å²) < 4.78 is 28.8. The molecule has 1 aliphatic heterocycles. The molecule has 2 atom stereocenters. The predicted molar refractivity (Wildman–Crippen MR) is 161 cm³/mol. The SMILES string of the molecule is CN(C)C(c1ccccc1)C1CCC(CNC(=O)C2Cc3ccccc3N2S(=O)(=O)c2ccc(Cl)c(Cl)c2)CC1. The minimum absolute atomic E-state index is 0.00332. The highest BCUT2D eigenvalue weighted by atomic mass is 35.5. The molecule has 40 heavy (non-hydrogen) atoms. The first-order chi connectivity index (χ1) is 19.2. The van der Waals surface area contributed by atoms with Crippen LogP contribution < -0.4 is 9.62 Å². The summed E-state index contributed by atoms with van der Waals surface area (Å²) in [6, 6.07) is 21.6. The summed E-state index contributed by atoms with van der Waals surface area (Å²) in [4.78, 5) is 15.9. The van der Waals surface area contributed by atoms with Crippen LogP contribution in [-0.4, -0.2) is 45.9 Å². The summed E-state index contributed by atoms with van der Waals surface area (Å²) in [5.74, 6) is 0.639. The normalized spacial score (nSPS) is 21.7. The minimum atomic E-state index is -4.06. The van der Waals surface area contributed by atoms with Gasteiger partial charge >= 0.3 is 0 Å². The maximum absolute atomic E-state index is 13.8. The van der Waals surface area contributed by atoms with Gasteiger partial charge in [0.05, 0.1) is 20.6 Å². The van der Waals surface area contributed by atoms with Gasteiger partial charge in [0.15, 0.2) is 0 Å². The number of anilines is 1. The molecular weight excluding hydrogens is 565 g/mol. The van der Waals surface area contributed by atoms with Crippen molar-refractivity contribution in [3.05, 3.63) is 94.0 Å². The van der Waals surface area contributed by atoms with E-state index < -0.39 is 16.1 Å². The molecule has 0 spiro atoms. The second-order valence-corrected chi connectivity index (χ2v) is 13.7. The first-order valence-corrected chi connectivity index (χ1v) is 15.9. The molecule has 1 N–H and O–H groups in total. The van der Waals surface area contributed by atoms with E-state index >= 15 is 0 Å². The van der Waals surface area contributed by atoms with Crippen molar-refractivity contribution in [1.82, 2.24) is 10.2 Å². The highest BCUT2D eigenvalue weighted by molar-refractivity contribution is 7.93. The highest BCUT2D eigenvalue weighted by Crippen LogP contribution is 2.40. The van der Waals surface area contributed by atoms with Crippen molar-refractivity contribution in [2.24, 2.45) is 11.8 Å². The molecule has 1 saturated carbocycles. The van der Waals surface area contributed by atoms with Crippen LogP contribution in [0.25, 0.3) is 0 Å². The molecule has 212 valence electrons. The van der Waals surface area contributed by atoms with Crippen molar-refractivity contribution >= 4 is 44.8 Å². The Morgan fingerprint density at radius 3 is 2.30 bits per heavy atom. The van der Waals surface area contributed by atoms with Gasteiger partial charge in [-0.05, 0) is 87.0 Å². The number of nitrogens with zero attached hydrogens (tertiary/aromatic N) is 2. The molecule has 6 nitrogen and oxygen atoms in total. The standard InChI is InChI=1S/C31H35Cl2N3O3S/c1-35(2)30(22-8-4-3-5-9-22)23-14-12-21(13-15-23)20-34-31(37)29-18-24-10-6-7-11-28(24)36(29)40(38,39)25-16-17-26(32)27(33)19-25/h3-11,16-17,19,21,23,29-30H,12-15,18,20H2,1-2H3,(H,34,37). The van der Waals surface area contributed by atoms with E-state index in [1.807, 2.05) is 12.1 Å². The lowest BCUT2D eigenvalue weighted by Crippen LogP contribution is -2.49. The summed E-state index contributed by atoms with van der Waals surface area (Å²) in [6.45, 7) is 0.539. The van der Waals surface area contributed by atoms with E-state index in [0.717, 1.165) is 31.2 Å². The van der Waals surface area contributed by atoms with Crippen molar-refractivity contribution in [2.75, 3.05) is 24.9 Å². The number of fused-ring (bicyclic) bond motifs is 1. The molecule has 0 aromatic heterocycles. The number of nitrogens with one attached hydrogen (secondary N) is 1. The Morgan fingerprint density at radius 2 is 1.62 bits per heavy atom. The van der Waals surface area contributed by atoms with Crippen LogP contribution in [0.2, 0.25) is 10.0 Å². The van der Waals surface area contributed by atoms with Gasteiger partial charge in [0, 0.05) is 19.0 Å². The van der Waals surface area contributed by atoms with Gasteiger partial charge < -0.3 is 10.2 Å². The smallest absolute Gasteiger partial charge is 0.265 e. The van der Waals surface area contributed by atoms with Crippen LogP contribution in [0.4, 0.5) is 5.69 Å². The Kier molecular flexibility index (Phi) is 8.76. The molecule has 3 aromatic rings. The number of rotatable bonds is 8. The fourth-order valence-corrected chi connectivity index (χ4v) is 8.36. The molecule has 2 unspecified atom stereocenters. The summed E-state index contributed by atoms with van der Waals surface area (Å²) in [7, 11) is 0.225. The van der Waals surface area contributed by atoms with Crippen LogP contribution in [0, 0.1) is 11.8 Å². The van der Waals surface area contributed by atoms with E-state index in [0.29, 0.717) is 36.5 Å². The van der Waals surface area contributed by atoms with Gasteiger partial charge in [0.1, 0.15) is 6.04 Å². The topological polar surface area (TPSA) is 69.7 Å². The zero-order chi connectivity index (χ0) is 28.4. The Labute approximate surface area is 247 Å². The zero-order valence-electron chi connectivity index (χ0n) is 22.8. The number of benzene rings is 3. The highest BCUT2D eigenvalue weighted by Gasteiger charge is 2.42. The van der Waals surface area contributed by atoms with Crippen LogP contribution in [0.15, 0.2) is 77.7 Å². The Morgan fingerprint density at radius 1 is 0.950 bits per heavy atom. The number of hydrogen-bond donors (Lipinski definition) is 1. The molecule has 1 aliphatic carbocycles. The third-order valence-electron chi connectivity index (χ3n) is 8.28. The average molecular weight is 601 g/mol. The lowest BCUT2D eigenvalue weighted by Gasteiger charge is -2.37. The number of sulfonamides is 1. The van der Waals surface area contributed by atoms with E-state index in [1.165, 1.54) is 28.1 Å². The Balaban J connectivity index is 1.26. The predicted octanol–water partition coefficient (Wildman–Crippen LogP) is 6.34. The van der Waals surface area contributed by atoms with Crippen LogP contribution in [0.1, 0.15) is 42.9 Å². The second-order valence-electron chi connectivity index (χ2n) is 11.1. The number of para-hydroxylation sites is 1. The van der Waals surface area contributed by atoms with Crippen molar-refractivity contribution in [3.63, 3.8) is 0 Å². The van der Waals surface area contributed by atoms with E-state index in [2.05, 4.69) is 54.6 Å². The number of hydrogen-bond acceptors (Lipinski definition) is 4. The third-order valence-corrected chi connectivity index (χ3v) is 10.8. The quantitative estimate of drug-likeness (QED) is 0.328. The van der Waals surface area contributed by atoms with Crippen LogP contribution in [0.3, 0.4) is 0 Å². The van der Waals surface area contributed by atoms with E-state index in [1.54, 1.807) is 12.1 Å². The molecular formula is C31H35Cl2N3O3S. The van der Waals surface area contributed by atoms with Gasteiger partial charge in [-0.3, -0.25) is 9.10 Å². The number of carbonyl (C=O) groups excluding carboxylic acids is 1. The van der Waals surface area contributed by atoms with Crippen molar-refractivity contribution in [3.8, 4) is 0 Å². The first-order valence-electron chi connectivity index (χ1n) is 13.7. The lowest BCUT2D eigenvalue weighted by molar-refractivity contribution is -0.122. The van der Waals surface area contributed by atoms with Crippen molar-refractivity contribution in [1.29, 1.82) is 0 Å². The molecule has 1 amide bonds. The monoisotopic (exact) mass is 599 g/mol. The molecule has 1 fully saturated rings. The van der Waals surface area contributed by atoms with E-state index in [-0.39, 0.29) is 20.8 Å². The van der Waals surface area contributed by atoms with Gasteiger partial charge in [-0.2, -0.15) is 0 Å². The van der Waals surface area contributed by atoms with Crippen molar-refractivity contribution < 1.29 is 13.2 Å². The Hall–Kier alpha value is -2.58. The molecule has 0 radical (unpaired) electrons. The van der Waals surface area contributed by atoms with Crippen LogP contribution >= 0.6 is 23.2 Å². The van der Waals surface area contributed by atoms with Gasteiger partial charge in [-0.1, -0.05) is 71.7 Å². The summed E-state index contributed by atoms with van der Waals surface area (Å²) in [5.41, 5.74) is 2.68. The van der Waals surface area contributed by atoms with Gasteiger partial charge in [0.25, 0.3) is 10.0 Å². The first kappa shape index (κ1) is 28.9. The second kappa shape index (κ2) is 12.1. The van der Waals surface area contributed by atoms with Crippen molar-refractivity contribution in [2.45, 2.75) is 49.1 Å².